The zero-order chi connectivity index (χ0) is 25.4. The molecule has 3 aromatic rings. The molecule has 0 spiro atoms. The summed E-state index contributed by atoms with van der Waals surface area (Å²) in [4.78, 5) is 15.4. The first-order valence-electron chi connectivity index (χ1n) is 10.7. The summed E-state index contributed by atoms with van der Waals surface area (Å²) in [7, 11) is -3.57. The summed E-state index contributed by atoms with van der Waals surface area (Å²) in [6.45, 7) is 0.894. The number of sulfone groups is 1. The summed E-state index contributed by atoms with van der Waals surface area (Å²) in [5.74, 6) is -0.427. The molecule has 0 radical (unpaired) electrons. The third-order valence-corrected chi connectivity index (χ3v) is 7.19. The van der Waals surface area contributed by atoms with Crippen LogP contribution in [0, 0.1) is 5.82 Å². The van der Waals surface area contributed by atoms with Gasteiger partial charge in [0.05, 0.1) is 16.5 Å². The number of amides is 1. The van der Waals surface area contributed by atoms with E-state index >= 15 is 0 Å². The number of hydrogen-bond donors (Lipinski definition) is 0. The van der Waals surface area contributed by atoms with Gasteiger partial charge in [-0.1, -0.05) is 18.2 Å². The Labute approximate surface area is 200 Å². The predicted octanol–water partition coefficient (Wildman–Crippen LogP) is 4.93. The van der Waals surface area contributed by atoms with E-state index in [0.29, 0.717) is 35.3 Å². The highest BCUT2D eigenvalue weighted by Crippen LogP contribution is 2.37. The van der Waals surface area contributed by atoms with Gasteiger partial charge in [-0.3, -0.25) is 4.79 Å². The Morgan fingerprint density at radius 3 is 2.17 bits per heavy atom. The topological polar surface area (TPSA) is 57.7 Å². The SMILES string of the molecule is CS(=O)(=O)c1ccc(-c2ccc(F)cc2)c(C2CN(c3ccc(C(F)(F)F)cc3)CCN2C=O)c1. The van der Waals surface area contributed by atoms with E-state index in [4.69, 9.17) is 0 Å². The van der Waals surface area contributed by atoms with Crippen molar-refractivity contribution in [2.24, 2.45) is 0 Å². The van der Waals surface area contributed by atoms with Crippen LogP contribution in [-0.4, -0.2) is 45.6 Å². The van der Waals surface area contributed by atoms with Gasteiger partial charge in [0.2, 0.25) is 6.41 Å². The number of anilines is 1. The summed E-state index contributed by atoms with van der Waals surface area (Å²) in [6.07, 6.45) is -2.69. The fourth-order valence-corrected chi connectivity index (χ4v) is 4.89. The Kier molecular flexibility index (Phi) is 6.59. The molecule has 1 amide bonds. The molecule has 4 rings (SSSR count). The van der Waals surface area contributed by atoms with Crippen molar-refractivity contribution in [3.8, 4) is 11.1 Å². The van der Waals surface area contributed by atoms with Crippen LogP contribution in [0.25, 0.3) is 11.1 Å². The van der Waals surface area contributed by atoms with Gasteiger partial charge in [0.15, 0.2) is 9.84 Å². The second-order valence-electron chi connectivity index (χ2n) is 8.38. The van der Waals surface area contributed by atoms with Crippen LogP contribution in [0.4, 0.5) is 23.2 Å². The number of alkyl halides is 3. The molecule has 1 heterocycles. The second kappa shape index (κ2) is 9.33. The third-order valence-electron chi connectivity index (χ3n) is 6.08. The lowest BCUT2D eigenvalue weighted by Gasteiger charge is -2.41. The van der Waals surface area contributed by atoms with E-state index in [-0.39, 0.29) is 18.0 Å². The highest BCUT2D eigenvalue weighted by atomic mass is 32.2. The molecule has 184 valence electrons. The minimum Gasteiger partial charge on any atom is -0.367 e. The number of nitrogens with zero attached hydrogens (tertiary/aromatic N) is 2. The van der Waals surface area contributed by atoms with E-state index in [1.165, 1.54) is 41.3 Å². The molecule has 0 N–H and O–H groups in total. The van der Waals surface area contributed by atoms with Crippen molar-refractivity contribution in [1.29, 1.82) is 0 Å². The number of piperazine rings is 1. The maximum Gasteiger partial charge on any atom is 0.416 e. The zero-order valence-electron chi connectivity index (χ0n) is 18.7. The third kappa shape index (κ3) is 5.32. The fraction of sp³-hybridized carbons (Fsp3) is 0.240. The van der Waals surface area contributed by atoms with Crippen LogP contribution in [0.1, 0.15) is 17.2 Å². The van der Waals surface area contributed by atoms with Crippen molar-refractivity contribution in [3.05, 3.63) is 83.7 Å². The maximum absolute atomic E-state index is 13.5. The molecule has 0 aromatic heterocycles. The van der Waals surface area contributed by atoms with E-state index in [1.54, 1.807) is 18.2 Å². The van der Waals surface area contributed by atoms with Gasteiger partial charge in [-0.25, -0.2) is 12.8 Å². The van der Waals surface area contributed by atoms with Crippen molar-refractivity contribution in [2.75, 3.05) is 30.8 Å². The summed E-state index contributed by atoms with van der Waals surface area (Å²) < 4.78 is 77.0. The van der Waals surface area contributed by atoms with Gasteiger partial charge in [0.1, 0.15) is 5.82 Å². The number of hydrogen-bond acceptors (Lipinski definition) is 4. The van der Waals surface area contributed by atoms with Crippen molar-refractivity contribution in [2.45, 2.75) is 17.1 Å². The summed E-state index contributed by atoms with van der Waals surface area (Å²) in [6, 6.07) is 14.5. The first-order chi connectivity index (χ1) is 16.5. The molecule has 0 bridgehead atoms. The van der Waals surface area contributed by atoms with Crippen LogP contribution in [0.5, 0.6) is 0 Å². The Balaban J connectivity index is 1.77. The Morgan fingerprint density at radius 1 is 0.943 bits per heavy atom. The van der Waals surface area contributed by atoms with Crippen molar-refractivity contribution >= 4 is 21.9 Å². The largest absolute Gasteiger partial charge is 0.416 e. The molecule has 1 fully saturated rings. The Bertz CT molecular complexity index is 1320. The molecule has 5 nitrogen and oxygen atoms in total. The average molecular weight is 507 g/mol. The van der Waals surface area contributed by atoms with Gasteiger partial charge < -0.3 is 9.80 Å². The molecule has 1 saturated heterocycles. The van der Waals surface area contributed by atoms with Crippen molar-refractivity contribution in [1.82, 2.24) is 4.90 Å². The molecule has 1 unspecified atom stereocenters. The van der Waals surface area contributed by atoms with Gasteiger partial charge in [0, 0.05) is 31.6 Å². The highest BCUT2D eigenvalue weighted by Gasteiger charge is 2.32. The van der Waals surface area contributed by atoms with E-state index in [1.807, 2.05) is 4.90 Å². The standard InChI is InChI=1S/C25H22F4N2O3S/c1-35(33,34)21-10-11-22(17-2-6-19(26)7-3-17)23(14-21)24-15-30(12-13-31(24)16-32)20-8-4-18(5-9-20)25(27,28)29/h2-11,14,16,24H,12-13,15H2,1H3. The summed E-state index contributed by atoms with van der Waals surface area (Å²) in [5, 5.41) is 0. The molecule has 1 aliphatic heterocycles. The number of halogens is 4. The van der Waals surface area contributed by atoms with Crippen LogP contribution in [0.2, 0.25) is 0 Å². The fourth-order valence-electron chi connectivity index (χ4n) is 4.24. The quantitative estimate of drug-likeness (QED) is 0.364. The first-order valence-corrected chi connectivity index (χ1v) is 12.6. The van der Waals surface area contributed by atoms with Gasteiger partial charge in [-0.2, -0.15) is 13.2 Å². The lowest BCUT2D eigenvalue weighted by atomic mass is 9.92. The lowest BCUT2D eigenvalue weighted by Crippen LogP contribution is -2.48. The number of rotatable bonds is 5. The summed E-state index contributed by atoms with van der Waals surface area (Å²) >= 11 is 0. The maximum atomic E-state index is 13.5. The molecule has 1 aliphatic rings. The molecular formula is C25H22F4N2O3S. The van der Waals surface area contributed by atoms with E-state index < -0.39 is 33.4 Å². The monoisotopic (exact) mass is 506 g/mol. The van der Waals surface area contributed by atoms with Crippen molar-refractivity contribution < 1.29 is 30.8 Å². The predicted molar refractivity (Wildman–Crippen MR) is 124 cm³/mol. The van der Waals surface area contributed by atoms with Gasteiger partial charge >= 0.3 is 6.18 Å². The molecule has 10 heteroatoms. The van der Waals surface area contributed by atoms with Crippen LogP contribution < -0.4 is 4.90 Å². The van der Waals surface area contributed by atoms with E-state index in [0.717, 1.165) is 18.4 Å². The van der Waals surface area contributed by atoms with E-state index in [9.17, 15) is 30.8 Å². The minimum absolute atomic E-state index is 0.0656. The normalized spacial score (nSPS) is 16.9. The number of carbonyl (C=O) groups excluding carboxylic acids is 1. The highest BCUT2D eigenvalue weighted by molar-refractivity contribution is 7.90. The second-order valence-corrected chi connectivity index (χ2v) is 10.4. The van der Waals surface area contributed by atoms with Gasteiger partial charge in [-0.05, 0) is 65.2 Å². The number of carbonyl (C=O) groups is 1. The zero-order valence-corrected chi connectivity index (χ0v) is 19.5. The average Bonchev–Trinajstić information content (AvgIpc) is 2.83. The minimum atomic E-state index is -4.45. The molecule has 1 atom stereocenters. The van der Waals surface area contributed by atoms with Crippen LogP contribution in [0.3, 0.4) is 0 Å². The molecule has 0 saturated carbocycles. The van der Waals surface area contributed by atoms with Gasteiger partial charge in [-0.15, -0.1) is 0 Å². The molecule has 0 aliphatic carbocycles. The first kappa shape index (κ1) is 24.7. The molecular weight excluding hydrogens is 484 g/mol. The number of benzene rings is 3. The molecule has 35 heavy (non-hydrogen) atoms. The summed E-state index contributed by atoms with van der Waals surface area (Å²) in [5.41, 5.74) is 1.60. The Morgan fingerprint density at radius 2 is 1.60 bits per heavy atom. The van der Waals surface area contributed by atoms with Crippen LogP contribution in [0.15, 0.2) is 71.6 Å². The van der Waals surface area contributed by atoms with E-state index in [2.05, 4.69) is 0 Å². The van der Waals surface area contributed by atoms with Gasteiger partial charge in [0.25, 0.3) is 0 Å². The smallest absolute Gasteiger partial charge is 0.367 e. The lowest BCUT2D eigenvalue weighted by molar-refractivity contribution is -0.137. The van der Waals surface area contributed by atoms with Crippen LogP contribution in [-0.2, 0) is 20.8 Å². The van der Waals surface area contributed by atoms with Crippen LogP contribution >= 0.6 is 0 Å². The van der Waals surface area contributed by atoms with Crippen molar-refractivity contribution in [3.63, 3.8) is 0 Å². The molecule has 3 aromatic carbocycles. The Hall–Kier alpha value is -3.40.